The van der Waals surface area contributed by atoms with E-state index in [0.29, 0.717) is 0 Å². The molecule has 1 heterocycles. The van der Waals surface area contributed by atoms with E-state index in [9.17, 15) is 4.79 Å². The fourth-order valence-electron chi connectivity index (χ4n) is 2.46. The van der Waals surface area contributed by atoms with E-state index in [1.54, 1.807) is 4.90 Å². The molecule has 2 aromatic carbocycles. The second kappa shape index (κ2) is 4.76. The van der Waals surface area contributed by atoms with E-state index in [-0.39, 0.29) is 11.9 Å². The lowest BCUT2D eigenvalue weighted by Crippen LogP contribution is -2.39. The molecule has 1 aliphatic rings. The van der Waals surface area contributed by atoms with Crippen LogP contribution in [0.5, 0.6) is 0 Å². The number of amides is 1. The van der Waals surface area contributed by atoms with E-state index >= 15 is 0 Å². The highest BCUT2D eigenvalue weighted by molar-refractivity contribution is 5.99. The summed E-state index contributed by atoms with van der Waals surface area (Å²) in [5.41, 5.74) is 3.20. The zero-order chi connectivity index (χ0) is 13.2. The first-order valence-electron chi connectivity index (χ1n) is 6.43. The lowest BCUT2D eigenvalue weighted by molar-refractivity contribution is -0.118. The number of carbonyl (C=O) groups is 1. The molecule has 1 amide bonds. The second-order valence-electron chi connectivity index (χ2n) is 4.79. The lowest BCUT2D eigenvalue weighted by atomic mass is 10.1. The van der Waals surface area contributed by atoms with Crippen molar-refractivity contribution < 1.29 is 4.79 Å². The fraction of sp³-hybridized carbons (Fsp3) is 0.188. The van der Waals surface area contributed by atoms with Crippen LogP contribution in [0.25, 0.3) is 0 Å². The molecular weight excluding hydrogens is 236 g/mol. The maximum absolute atomic E-state index is 12.5. The number of nitrogens with zero attached hydrogens (tertiary/aromatic N) is 1. The van der Waals surface area contributed by atoms with Gasteiger partial charge in [0.05, 0.1) is 0 Å². The van der Waals surface area contributed by atoms with E-state index < -0.39 is 0 Å². The highest BCUT2D eigenvalue weighted by Gasteiger charge is 2.28. The van der Waals surface area contributed by atoms with Crippen molar-refractivity contribution in [3.63, 3.8) is 0 Å². The molecule has 0 bridgehead atoms. The summed E-state index contributed by atoms with van der Waals surface area (Å²) in [5, 5.41) is 3.29. The zero-order valence-electron chi connectivity index (χ0n) is 10.8. The van der Waals surface area contributed by atoms with Crippen LogP contribution in [-0.4, -0.2) is 19.0 Å². The molecule has 0 radical (unpaired) electrons. The van der Waals surface area contributed by atoms with Gasteiger partial charge < -0.3 is 10.2 Å². The first-order chi connectivity index (χ1) is 9.25. The fourth-order valence-corrected chi connectivity index (χ4v) is 2.46. The summed E-state index contributed by atoms with van der Waals surface area (Å²) >= 11 is 0. The molecule has 0 spiro atoms. The minimum Gasteiger partial charge on any atom is -0.373 e. The summed E-state index contributed by atoms with van der Waals surface area (Å²) < 4.78 is 0. The number of anilines is 2. The van der Waals surface area contributed by atoms with E-state index in [0.717, 1.165) is 17.8 Å². The number of fused-ring (bicyclic) bond motifs is 1. The lowest BCUT2D eigenvalue weighted by Gasteiger charge is -2.21. The van der Waals surface area contributed by atoms with Crippen LogP contribution in [0, 0.1) is 0 Å². The second-order valence-corrected chi connectivity index (χ2v) is 4.79. The monoisotopic (exact) mass is 252 g/mol. The Morgan fingerprint density at radius 3 is 2.53 bits per heavy atom. The number of rotatable bonds is 2. The van der Waals surface area contributed by atoms with Crippen LogP contribution >= 0.6 is 0 Å². The predicted octanol–water partition coefficient (Wildman–Crippen LogP) is 2.69. The Morgan fingerprint density at radius 1 is 1.11 bits per heavy atom. The van der Waals surface area contributed by atoms with Gasteiger partial charge in [-0.15, -0.1) is 0 Å². The normalized spacial score (nSPS) is 16.6. The van der Waals surface area contributed by atoms with Crippen molar-refractivity contribution in [3.8, 4) is 0 Å². The molecule has 19 heavy (non-hydrogen) atoms. The molecule has 0 unspecified atom stereocenters. The third kappa shape index (κ3) is 2.19. The third-order valence-corrected chi connectivity index (χ3v) is 3.54. The van der Waals surface area contributed by atoms with Crippen LogP contribution in [0.1, 0.15) is 5.56 Å². The van der Waals surface area contributed by atoms with Crippen molar-refractivity contribution in [2.24, 2.45) is 0 Å². The van der Waals surface area contributed by atoms with Gasteiger partial charge in [-0.2, -0.15) is 0 Å². The van der Waals surface area contributed by atoms with Gasteiger partial charge in [0.15, 0.2) is 0 Å². The molecule has 1 N–H and O–H groups in total. The number of benzene rings is 2. The number of nitrogens with one attached hydrogen (secondary N) is 1. The number of carbonyl (C=O) groups excluding carboxylic acids is 1. The van der Waals surface area contributed by atoms with Crippen molar-refractivity contribution in [2.45, 2.75) is 12.5 Å². The SMILES string of the molecule is CN(C(=O)[C@@H]1Cc2ccccc2N1)c1ccccc1. The van der Waals surface area contributed by atoms with E-state index in [1.165, 1.54) is 5.56 Å². The van der Waals surface area contributed by atoms with Gasteiger partial charge in [0.1, 0.15) is 6.04 Å². The molecule has 0 aliphatic carbocycles. The topological polar surface area (TPSA) is 32.3 Å². The van der Waals surface area contributed by atoms with Crippen LogP contribution < -0.4 is 10.2 Å². The van der Waals surface area contributed by atoms with E-state index in [1.807, 2.05) is 55.6 Å². The van der Waals surface area contributed by atoms with Crippen molar-refractivity contribution in [1.82, 2.24) is 0 Å². The standard InChI is InChI=1S/C16H16N2O/c1-18(13-8-3-2-4-9-13)16(19)15-11-12-7-5-6-10-14(12)17-15/h2-10,15,17H,11H2,1H3/t15-/m0/s1. The van der Waals surface area contributed by atoms with Crippen LogP contribution in [0.3, 0.4) is 0 Å². The van der Waals surface area contributed by atoms with E-state index in [2.05, 4.69) is 11.4 Å². The molecule has 0 saturated heterocycles. The summed E-state index contributed by atoms with van der Waals surface area (Å²) in [7, 11) is 1.82. The molecule has 96 valence electrons. The summed E-state index contributed by atoms with van der Waals surface area (Å²) in [5.74, 6) is 0.0994. The van der Waals surface area contributed by atoms with Crippen molar-refractivity contribution in [3.05, 3.63) is 60.2 Å². The summed E-state index contributed by atoms with van der Waals surface area (Å²) in [4.78, 5) is 14.2. The van der Waals surface area contributed by atoms with E-state index in [4.69, 9.17) is 0 Å². The van der Waals surface area contributed by atoms with Gasteiger partial charge >= 0.3 is 0 Å². The molecular formula is C16H16N2O. The van der Waals surface area contributed by atoms with Crippen LogP contribution in [-0.2, 0) is 11.2 Å². The smallest absolute Gasteiger partial charge is 0.249 e. The Balaban J connectivity index is 1.77. The largest absolute Gasteiger partial charge is 0.373 e. The third-order valence-electron chi connectivity index (χ3n) is 3.54. The highest BCUT2D eigenvalue weighted by atomic mass is 16.2. The van der Waals surface area contributed by atoms with Gasteiger partial charge in [-0.25, -0.2) is 0 Å². The Labute approximate surface area is 112 Å². The molecule has 3 nitrogen and oxygen atoms in total. The van der Waals surface area contributed by atoms with Crippen molar-refractivity contribution in [2.75, 3.05) is 17.3 Å². The van der Waals surface area contributed by atoms with Gasteiger partial charge in [-0.05, 0) is 23.8 Å². The quantitative estimate of drug-likeness (QED) is 0.891. The van der Waals surface area contributed by atoms with Crippen molar-refractivity contribution >= 4 is 17.3 Å². The van der Waals surface area contributed by atoms with Gasteiger partial charge in [0.2, 0.25) is 5.91 Å². The first kappa shape index (κ1) is 11.8. The maximum atomic E-state index is 12.5. The summed E-state index contributed by atoms with van der Waals surface area (Å²) in [6.45, 7) is 0. The Kier molecular flexibility index (Phi) is 2.95. The van der Waals surface area contributed by atoms with Gasteiger partial charge in [-0.3, -0.25) is 4.79 Å². The molecule has 0 saturated carbocycles. The van der Waals surface area contributed by atoms with Crippen LogP contribution in [0.2, 0.25) is 0 Å². The first-order valence-corrected chi connectivity index (χ1v) is 6.43. The average Bonchev–Trinajstić information content (AvgIpc) is 2.90. The minimum absolute atomic E-state index is 0.0994. The molecule has 2 aromatic rings. The van der Waals surface area contributed by atoms with Crippen molar-refractivity contribution in [1.29, 1.82) is 0 Å². The molecule has 0 fully saturated rings. The maximum Gasteiger partial charge on any atom is 0.249 e. The molecule has 1 aliphatic heterocycles. The van der Waals surface area contributed by atoms with Gasteiger partial charge in [-0.1, -0.05) is 36.4 Å². The zero-order valence-corrected chi connectivity index (χ0v) is 10.8. The highest BCUT2D eigenvalue weighted by Crippen LogP contribution is 2.26. The average molecular weight is 252 g/mol. The van der Waals surface area contributed by atoms with Gasteiger partial charge in [0.25, 0.3) is 0 Å². The Hall–Kier alpha value is -2.29. The summed E-state index contributed by atoms with van der Waals surface area (Å²) in [6.07, 6.45) is 0.756. The van der Waals surface area contributed by atoms with Crippen LogP contribution in [0.15, 0.2) is 54.6 Å². The van der Waals surface area contributed by atoms with Crippen LogP contribution in [0.4, 0.5) is 11.4 Å². The molecule has 3 heteroatoms. The minimum atomic E-state index is -0.164. The Morgan fingerprint density at radius 2 is 1.79 bits per heavy atom. The number of likely N-dealkylation sites (N-methyl/N-ethyl adjacent to an activating group) is 1. The summed E-state index contributed by atoms with van der Waals surface area (Å²) in [6, 6.07) is 17.6. The molecule has 1 atom stereocenters. The Bertz CT molecular complexity index is 570. The number of hydrogen-bond acceptors (Lipinski definition) is 2. The number of hydrogen-bond donors (Lipinski definition) is 1. The predicted molar refractivity (Wildman–Crippen MR) is 77.4 cm³/mol. The number of para-hydroxylation sites is 2. The molecule has 3 rings (SSSR count). The van der Waals surface area contributed by atoms with Gasteiger partial charge in [0, 0.05) is 24.8 Å². The molecule has 0 aromatic heterocycles.